The third-order valence-corrected chi connectivity index (χ3v) is 6.91. The molecule has 1 saturated heterocycles. The lowest BCUT2D eigenvalue weighted by Gasteiger charge is -2.15. The lowest BCUT2D eigenvalue weighted by atomic mass is 10.1. The smallest absolute Gasteiger partial charge is 0.267 e. The van der Waals surface area contributed by atoms with E-state index in [2.05, 4.69) is 15.9 Å². The van der Waals surface area contributed by atoms with E-state index in [0.717, 1.165) is 21.2 Å². The average molecular weight is 537 g/mol. The summed E-state index contributed by atoms with van der Waals surface area (Å²) >= 11 is 4.99. The van der Waals surface area contributed by atoms with Gasteiger partial charge in [-0.05, 0) is 53.6 Å². The van der Waals surface area contributed by atoms with Crippen molar-refractivity contribution in [1.29, 1.82) is 0 Å². The Kier molecular flexibility index (Phi) is 8.08. The molecule has 34 heavy (non-hydrogen) atoms. The number of carbonyl (C=O) groups excluding carboxylic acids is 1. The summed E-state index contributed by atoms with van der Waals surface area (Å²) in [6.45, 7) is 3.41. The number of carbonyl (C=O) groups is 1. The molecule has 3 aromatic rings. The fourth-order valence-electron chi connectivity index (χ4n) is 3.50. The highest BCUT2D eigenvalue weighted by Crippen LogP contribution is 2.38. The third kappa shape index (κ3) is 5.72. The van der Waals surface area contributed by atoms with Crippen LogP contribution in [0.3, 0.4) is 0 Å². The van der Waals surface area contributed by atoms with E-state index < -0.39 is 0 Å². The van der Waals surface area contributed by atoms with Gasteiger partial charge >= 0.3 is 0 Å². The normalized spacial score (nSPS) is 15.9. The van der Waals surface area contributed by atoms with Crippen molar-refractivity contribution < 1.29 is 14.3 Å². The number of amidine groups is 1. The molecule has 0 aromatic heterocycles. The Bertz CT molecular complexity index is 1210. The Morgan fingerprint density at radius 1 is 1.00 bits per heavy atom. The van der Waals surface area contributed by atoms with Crippen LogP contribution in [-0.4, -0.2) is 29.7 Å². The van der Waals surface area contributed by atoms with Gasteiger partial charge in [0.05, 0.1) is 31.7 Å². The second-order valence-corrected chi connectivity index (χ2v) is 9.39. The van der Waals surface area contributed by atoms with Crippen molar-refractivity contribution in [3.05, 3.63) is 98.9 Å². The van der Waals surface area contributed by atoms with Crippen LogP contribution in [0.1, 0.15) is 23.6 Å². The van der Waals surface area contributed by atoms with Crippen LogP contribution < -0.4 is 9.47 Å². The molecule has 1 aliphatic heterocycles. The summed E-state index contributed by atoms with van der Waals surface area (Å²) in [6.07, 6.45) is 1.88. The van der Waals surface area contributed by atoms with Crippen LogP contribution >= 0.6 is 27.7 Å². The van der Waals surface area contributed by atoms with E-state index in [1.165, 1.54) is 11.8 Å². The van der Waals surface area contributed by atoms with E-state index in [-0.39, 0.29) is 5.91 Å². The monoisotopic (exact) mass is 536 g/mol. The number of amides is 1. The molecule has 0 unspecified atom stereocenters. The fourth-order valence-corrected chi connectivity index (χ4v) is 4.91. The molecule has 0 spiro atoms. The Labute approximate surface area is 212 Å². The number of benzene rings is 3. The number of nitrogens with zero attached hydrogens (tertiary/aromatic N) is 2. The highest BCUT2D eigenvalue weighted by Gasteiger charge is 2.33. The predicted octanol–water partition coefficient (Wildman–Crippen LogP) is 6.53. The van der Waals surface area contributed by atoms with Gasteiger partial charge in [-0.25, -0.2) is 0 Å². The van der Waals surface area contributed by atoms with Gasteiger partial charge in [-0.2, -0.15) is 0 Å². The summed E-state index contributed by atoms with van der Waals surface area (Å²) in [4.78, 5) is 20.6. The minimum absolute atomic E-state index is 0.0682. The molecule has 1 fully saturated rings. The second-order valence-electron chi connectivity index (χ2n) is 7.53. The van der Waals surface area contributed by atoms with Crippen LogP contribution in [0.25, 0.3) is 6.08 Å². The first-order valence-electron chi connectivity index (χ1n) is 10.9. The summed E-state index contributed by atoms with van der Waals surface area (Å²) in [7, 11) is 1.61. The number of halogens is 1. The van der Waals surface area contributed by atoms with Crippen molar-refractivity contribution in [3.63, 3.8) is 0 Å². The van der Waals surface area contributed by atoms with Crippen LogP contribution in [0.4, 0.5) is 0 Å². The minimum atomic E-state index is -0.0682. The van der Waals surface area contributed by atoms with E-state index in [1.54, 1.807) is 12.0 Å². The van der Waals surface area contributed by atoms with Gasteiger partial charge < -0.3 is 9.47 Å². The van der Waals surface area contributed by atoms with Crippen molar-refractivity contribution in [2.45, 2.75) is 20.0 Å². The van der Waals surface area contributed by atoms with Crippen LogP contribution in [0.5, 0.6) is 11.5 Å². The molecule has 1 amide bonds. The number of rotatable bonds is 8. The SMILES string of the molecule is CCOc1cc(/C=C2/SC(=NCc3ccccc3)N(Cc3ccccc3)C2=O)c(Br)cc1OC. The predicted molar refractivity (Wildman–Crippen MR) is 142 cm³/mol. The molecule has 0 N–H and O–H groups in total. The fraction of sp³-hybridized carbons (Fsp3) is 0.185. The van der Waals surface area contributed by atoms with E-state index in [9.17, 15) is 4.79 Å². The van der Waals surface area contributed by atoms with Gasteiger partial charge in [-0.15, -0.1) is 0 Å². The van der Waals surface area contributed by atoms with Crippen molar-refractivity contribution in [2.24, 2.45) is 4.99 Å². The number of hydrogen-bond donors (Lipinski definition) is 0. The maximum atomic E-state index is 13.5. The lowest BCUT2D eigenvalue weighted by Crippen LogP contribution is -2.28. The zero-order chi connectivity index (χ0) is 23.9. The van der Waals surface area contributed by atoms with Crippen LogP contribution in [-0.2, 0) is 17.9 Å². The second kappa shape index (κ2) is 11.4. The average Bonchev–Trinajstić information content (AvgIpc) is 3.15. The van der Waals surface area contributed by atoms with Gasteiger partial charge in [-0.3, -0.25) is 14.7 Å². The van der Waals surface area contributed by atoms with Gasteiger partial charge in [0.1, 0.15) is 0 Å². The molecule has 0 bridgehead atoms. The molecule has 7 heteroatoms. The number of hydrogen-bond acceptors (Lipinski definition) is 5. The molecule has 3 aromatic carbocycles. The van der Waals surface area contributed by atoms with Gasteiger partial charge in [0.2, 0.25) is 0 Å². The molecule has 0 saturated carbocycles. The van der Waals surface area contributed by atoms with E-state index >= 15 is 0 Å². The number of ether oxygens (including phenoxy) is 2. The molecule has 4 rings (SSSR count). The molecule has 5 nitrogen and oxygen atoms in total. The van der Waals surface area contributed by atoms with Gasteiger partial charge in [0.15, 0.2) is 16.7 Å². The molecular formula is C27H25BrN2O3S. The summed E-state index contributed by atoms with van der Waals surface area (Å²) in [5, 5.41) is 0.693. The summed E-state index contributed by atoms with van der Waals surface area (Å²) in [6, 6.07) is 23.7. The molecule has 0 aliphatic carbocycles. The van der Waals surface area contributed by atoms with E-state index in [4.69, 9.17) is 14.5 Å². The largest absolute Gasteiger partial charge is 0.493 e. The maximum absolute atomic E-state index is 13.5. The van der Waals surface area contributed by atoms with Gasteiger partial charge in [0.25, 0.3) is 5.91 Å². The summed E-state index contributed by atoms with van der Waals surface area (Å²) in [5.41, 5.74) is 2.98. The van der Waals surface area contributed by atoms with Crippen molar-refractivity contribution in [2.75, 3.05) is 13.7 Å². The summed E-state index contributed by atoms with van der Waals surface area (Å²) < 4.78 is 12.0. The quantitative estimate of drug-likeness (QED) is 0.307. The van der Waals surface area contributed by atoms with Crippen molar-refractivity contribution in [1.82, 2.24) is 4.90 Å². The molecule has 0 radical (unpaired) electrons. The van der Waals surface area contributed by atoms with E-state index in [0.29, 0.717) is 41.3 Å². The van der Waals surface area contributed by atoms with Gasteiger partial charge in [-0.1, -0.05) is 76.6 Å². The lowest BCUT2D eigenvalue weighted by molar-refractivity contribution is -0.122. The van der Waals surface area contributed by atoms with Crippen LogP contribution in [0.2, 0.25) is 0 Å². The maximum Gasteiger partial charge on any atom is 0.267 e. The zero-order valence-electron chi connectivity index (χ0n) is 19.0. The third-order valence-electron chi connectivity index (χ3n) is 5.18. The first kappa shape index (κ1) is 24.1. The Balaban J connectivity index is 1.67. The number of thioether (sulfide) groups is 1. The molecule has 1 heterocycles. The first-order chi connectivity index (χ1) is 16.6. The van der Waals surface area contributed by atoms with Crippen LogP contribution in [0.15, 0.2) is 87.2 Å². The summed E-state index contributed by atoms with van der Waals surface area (Å²) in [5.74, 6) is 1.20. The molecule has 0 atom stereocenters. The Morgan fingerprint density at radius 2 is 1.68 bits per heavy atom. The highest BCUT2D eigenvalue weighted by atomic mass is 79.9. The molecule has 1 aliphatic rings. The molecular weight excluding hydrogens is 512 g/mol. The van der Waals surface area contributed by atoms with Crippen molar-refractivity contribution in [3.8, 4) is 11.5 Å². The Hall–Kier alpha value is -3.03. The van der Waals surface area contributed by atoms with E-state index in [1.807, 2.05) is 85.8 Å². The Morgan fingerprint density at radius 3 is 2.32 bits per heavy atom. The van der Waals surface area contributed by atoms with Crippen LogP contribution in [0, 0.1) is 0 Å². The zero-order valence-corrected chi connectivity index (χ0v) is 21.4. The van der Waals surface area contributed by atoms with Crippen molar-refractivity contribution >= 4 is 44.8 Å². The number of methoxy groups -OCH3 is 1. The van der Waals surface area contributed by atoms with Gasteiger partial charge in [0, 0.05) is 4.47 Å². The topological polar surface area (TPSA) is 51.1 Å². The first-order valence-corrected chi connectivity index (χ1v) is 12.5. The standard InChI is InChI=1S/C27H25BrN2O3S/c1-3-33-24-14-21(22(28)16-23(24)32-2)15-25-26(31)30(18-20-12-8-5-9-13-20)27(34-25)29-17-19-10-6-4-7-11-19/h4-16H,3,17-18H2,1-2H3/b25-15+,29-27?. The minimum Gasteiger partial charge on any atom is -0.493 e. The highest BCUT2D eigenvalue weighted by molar-refractivity contribution is 9.10. The molecule has 174 valence electrons. The number of aliphatic imine (C=N–C) groups is 1.